The van der Waals surface area contributed by atoms with Crippen LogP contribution in [0.5, 0.6) is 5.75 Å². The number of furan rings is 1. The Hall–Kier alpha value is -3.13. The summed E-state index contributed by atoms with van der Waals surface area (Å²) in [7, 11) is 0. The fourth-order valence-electron chi connectivity index (χ4n) is 3.95. The molecule has 0 amide bonds. The van der Waals surface area contributed by atoms with E-state index in [0.717, 1.165) is 30.4 Å². The Bertz CT molecular complexity index is 1000. The maximum Gasteiger partial charge on any atom is 0.347 e. The van der Waals surface area contributed by atoms with E-state index in [1.165, 1.54) is 0 Å². The highest BCUT2D eigenvalue weighted by molar-refractivity contribution is 6.21. The van der Waals surface area contributed by atoms with Gasteiger partial charge in [-0.25, -0.2) is 19.8 Å². The van der Waals surface area contributed by atoms with Gasteiger partial charge in [0.15, 0.2) is 22.9 Å². The summed E-state index contributed by atoms with van der Waals surface area (Å²) in [4.78, 5) is 21.1. The highest BCUT2D eigenvalue weighted by Gasteiger charge is 2.31. The van der Waals surface area contributed by atoms with Crippen molar-refractivity contribution >= 4 is 35.5 Å². The first-order valence-corrected chi connectivity index (χ1v) is 10.3. The highest BCUT2D eigenvalue weighted by atomic mass is 16.5. The average molecular weight is 410 g/mol. The van der Waals surface area contributed by atoms with Crippen LogP contribution >= 0.6 is 0 Å². The molecule has 2 aromatic heterocycles. The van der Waals surface area contributed by atoms with Crippen molar-refractivity contribution in [3.05, 3.63) is 35.2 Å². The summed E-state index contributed by atoms with van der Waals surface area (Å²) in [6.07, 6.45) is 8.21. The summed E-state index contributed by atoms with van der Waals surface area (Å²) in [5.74, 6) is 0.0578. The van der Waals surface area contributed by atoms with Gasteiger partial charge < -0.3 is 14.3 Å². The number of aliphatic imine (C=N–C) groups is 1. The van der Waals surface area contributed by atoms with Crippen molar-refractivity contribution in [3.63, 3.8) is 0 Å². The molecule has 0 aliphatic carbocycles. The molecule has 0 aromatic carbocycles. The van der Waals surface area contributed by atoms with Gasteiger partial charge in [0.05, 0.1) is 6.61 Å². The van der Waals surface area contributed by atoms with Crippen molar-refractivity contribution in [1.29, 1.82) is 0 Å². The van der Waals surface area contributed by atoms with Gasteiger partial charge in [0.2, 0.25) is 5.88 Å². The summed E-state index contributed by atoms with van der Waals surface area (Å²) >= 11 is 0. The molecular formula is C22H26N4O4. The van der Waals surface area contributed by atoms with E-state index in [4.69, 9.17) is 9.15 Å². The van der Waals surface area contributed by atoms with Crippen LogP contribution in [-0.2, 0) is 4.74 Å². The van der Waals surface area contributed by atoms with Gasteiger partial charge in [0.1, 0.15) is 0 Å². The average Bonchev–Trinajstić information content (AvgIpc) is 3.26. The Kier molecular flexibility index (Phi) is 5.59. The number of hydrogen-bond donors (Lipinski definition) is 2. The molecule has 2 N–H and O–H groups in total. The fourth-order valence-corrected chi connectivity index (χ4v) is 3.95. The van der Waals surface area contributed by atoms with Crippen molar-refractivity contribution in [2.75, 3.05) is 12.0 Å². The van der Waals surface area contributed by atoms with Crippen LogP contribution in [0, 0.1) is 0 Å². The zero-order valence-corrected chi connectivity index (χ0v) is 17.4. The molecule has 1 saturated heterocycles. The first-order valence-electron chi connectivity index (χ1n) is 10.3. The molecule has 2 unspecified atom stereocenters. The lowest BCUT2D eigenvalue weighted by Crippen LogP contribution is -2.47. The van der Waals surface area contributed by atoms with Crippen LogP contribution in [0.1, 0.15) is 61.7 Å². The van der Waals surface area contributed by atoms with Gasteiger partial charge >= 0.3 is 5.97 Å². The van der Waals surface area contributed by atoms with E-state index in [0.29, 0.717) is 5.82 Å². The van der Waals surface area contributed by atoms with Gasteiger partial charge in [-0.2, -0.15) is 0 Å². The molecule has 1 fully saturated rings. The van der Waals surface area contributed by atoms with Gasteiger partial charge in [-0.1, -0.05) is 6.42 Å². The van der Waals surface area contributed by atoms with E-state index in [1.54, 1.807) is 25.4 Å². The second kappa shape index (κ2) is 8.31. The maximum atomic E-state index is 12.6. The largest absolute Gasteiger partial charge is 0.504 e. The summed E-state index contributed by atoms with van der Waals surface area (Å²) < 4.78 is 11.1. The zero-order valence-electron chi connectivity index (χ0n) is 17.4. The number of piperidine rings is 1. The molecule has 30 heavy (non-hydrogen) atoms. The van der Waals surface area contributed by atoms with Crippen molar-refractivity contribution in [1.82, 2.24) is 9.99 Å². The third-order valence-electron chi connectivity index (χ3n) is 5.52. The zero-order chi connectivity index (χ0) is 21.3. The molecule has 0 spiro atoms. The molecule has 158 valence electrons. The number of pyridine rings is 1. The van der Waals surface area contributed by atoms with E-state index in [9.17, 15) is 9.90 Å². The fraction of sp³-hybridized carbons (Fsp3) is 0.409. The molecule has 8 heteroatoms. The van der Waals surface area contributed by atoms with Gasteiger partial charge in [-0.15, -0.1) is 0 Å². The van der Waals surface area contributed by atoms with E-state index < -0.39 is 5.97 Å². The standard InChI is InChI=1S/C22H26N4O4/c1-4-29-22(28)18-19(27)17(11-15-12-24-20-16(15)9-6-10-23-20)30-21(18)25-26-13(2)7-5-8-14(26)3/h6,9-14,25,27H,4-5,7-8H2,1-3H3. The first-order chi connectivity index (χ1) is 14.5. The number of allylic oxidation sites excluding steroid dienone is 1. The summed E-state index contributed by atoms with van der Waals surface area (Å²) in [5, 5.41) is 12.9. The minimum absolute atomic E-state index is 0.00461. The number of nitrogens with one attached hydrogen (secondary N) is 1. The van der Waals surface area contributed by atoms with Crippen LogP contribution in [0.25, 0.3) is 11.6 Å². The lowest BCUT2D eigenvalue weighted by Gasteiger charge is -2.38. The molecule has 0 saturated carbocycles. The molecule has 0 bridgehead atoms. The van der Waals surface area contributed by atoms with Gasteiger partial charge in [0.25, 0.3) is 0 Å². The summed E-state index contributed by atoms with van der Waals surface area (Å²) in [5.41, 5.74) is 4.79. The van der Waals surface area contributed by atoms with Crippen LogP contribution in [-0.4, -0.2) is 46.0 Å². The number of anilines is 1. The number of aromatic nitrogens is 1. The van der Waals surface area contributed by atoms with Crippen LogP contribution in [0.2, 0.25) is 0 Å². The van der Waals surface area contributed by atoms with Crippen LogP contribution in [0.15, 0.2) is 27.7 Å². The van der Waals surface area contributed by atoms with Crippen molar-refractivity contribution < 1.29 is 19.1 Å². The topological polar surface area (TPSA) is 100 Å². The number of carbonyl (C=O) groups excluding carboxylic acids is 1. The maximum absolute atomic E-state index is 12.6. The number of rotatable bonds is 5. The van der Waals surface area contributed by atoms with Crippen molar-refractivity contribution in [2.24, 2.45) is 4.99 Å². The van der Waals surface area contributed by atoms with Crippen LogP contribution in [0.3, 0.4) is 0 Å². The SMILES string of the molecule is CCOC(=O)c1c(NN2C(C)CCCC2C)oc(C=C2C=Nc3ncccc32)c1O. The Morgan fingerprint density at radius 3 is 2.90 bits per heavy atom. The molecule has 0 radical (unpaired) electrons. The molecule has 2 aromatic rings. The lowest BCUT2D eigenvalue weighted by molar-refractivity contribution is 0.0522. The third-order valence-corrected chi connectivity index (χ3v) is 5.52. The molecular weight excluding hydrogens is 384 g/mol. The second-order valence-corrected chi connectivity index (χ2v) is 7.62. The normalized spacial score (nSPS) is 22.3. The summed E-state index contributed by atoms with van der Waals surface area (Å²) in [6, 6.07) is 4.24. The molecule has 2 aliphatic rings. The minimum atomic E-state index is -0.634. The quantitative estimate of drug-likeness (QED) is 0.705. The number of fused-ring (bicyclic) bond motifs is 1. The second-order valence-electron chi connectivity index (χ2n) is 7.62. The number of ether oxygens (including phenoxy) is 1. The number of carbonyl (C=O) groups is 1. The van der Waals surface area contributed by atoms with E-state index in [1.807, 2.05) is 12.1 Å². The van der Waals surface area contributed by atoms with Crippen molar-refractivity contribution in [3.8, 4) is 5.75 Å². The number of aromatic hydroxyl groups is 1. The Balaban J connectivity index is 1.72. The van der Waals surface area contributed by atoms with E-state index in [-0.39, 0.29) is 41.6 Å². The lowest BCUT2D eigenvalue weighted by atomic mass is 10.00. The third kappa shape index (κ3) is 3.70. The van der Waals surface area contributed by atoms with E-state index in [2.05, 4.69) is 34.3 Å². The smallest absolute Gasteiger partial charge is 0.347 e. The number of nitrogens with zero attached hydrogens (tertiary/aromatic N) is 3. The van der Waals surface area contributed by atoms with E-state index >= 15 is 0 Å². The number of esters is 1. The first kappa shape index (κ1) is 20.2. The van der Waals surface area contributed by atoms with Crippen molar-refractivity contribution in [2.45, 2.75) is 52.1 Å². The Morgan fingerprint density at radius 2 is 2.17 bits per heavy atom. The van der Waals surface area contributed by atoms with Crippen LogP contribution < -0.4 is 5.43 Å². The van der Waals surface area contributed by atoms with Crippen LogP contribution in [0.4, 0.5) is 11.7 Å². The van der Waals surface area contributed by atoms with Gasteiger partial charge in [-0.3, -0.25) is 5.43 Å². The molecule has 2 atom stereocenters. The Morgan fingerprint density at radius 1 is 1.40 bits per heavy atom. The summed E-state index contributed by atoms with van der Waals surface area (Å²) in [6.45, 7) is 6.16. The highest BCUT2D eigenvalue weighted by Crippen LogP contribution is 2.39. The Labute approximate surface area is 175 Å². The molecule has 4 rings (SSSR count). The predicted octanol–water partition coefficient (Wildman–Crippen LogP) is 4.40. The predicted molar refractivity (Wildman–Crippen MR) is 115 cm³/mol. The number of hydrazine groups is 1. The minimum Gasteiger partial charge on any atom is -0.504 e. The number of hydrogen-bond acceptors (Lipinski definition) is 8. The monoisotopic (exact) mass is 410 g/mol. The van der Waals surface area contributed by atoms with Gasteiger partial charge in [0, 0.05) is 35.6 Å². The molecule has 4 heterocycles. The molecule has 2 aliphatic heterocycles. The van der Waals surface area contributed by atoms with Gasteiger partial charge in [-0.05, 0) is 51.8 Å². The molecule has 8 nitrogen and oxygen atoms in total.